The maximum absolute atomic E-state index is 13.3. The highest BCUT2D eigenvalue weighted by atomic mass is 35.5. The Morgan fingerprint density at radius 3 is 2.37 bits per heavy atom. The molecule has 1 N–H and O–H groups in total. The zero-order chi connectivity index (χ0) is 26.2. The van der Waals surface area contributed by atoms with Gasteiger partial charge in [-0.2, -0.15) is 0 Å². The predicted octanol–water partition coefficient (Wildman–Crippen LogP) is 3.84. The van der Waals surface area contributed by atoms with Gasteiger partial charge in [0.05, 0.1) is 19.1 Å². The van der Waals surface area contributed by atoms with Gasteiger partial charge in [0.2, 0.25) is 21.8 Å². The second kappa shape index (κ2) is 12.8. The molecule has 0 heterocycles. The molecule has 0 saturated carbocycles. The Hall–Kier alpha value is -2.78. The summed E-state index contributed by atoms with van der Waals surface area (Å²) in [7, 11) is -2.14. The van der Waals surface area contributed by atoms with Gasteiger partial charge in [0.15, 0.2) is 0 Å². The number of amides is 2. The monoisotopic (exact) mass is 523 g/mol. The minimum absolute atomic E-state index is 0.0566. The third-order valence-corrected chi connectivity index (χ3v) is 6.76. The van der Waals surface area contributed by atoms with Crippen LogP contribution in [0, 0.1) is 0 Å². The van der Waals surface area contributed by atoms with Crippen molar-refractivity contribution < 1.29 is 22.7 Å². The van der Waals surface area contributed by atoms with Gasteiger partial charge in [0.1, 0.15) is 11.8 Å². The molecule has 1 unspecified atom stereocenters. The fourth-order valence-electron chi connectivity index (χ4n) is 3.64. The number of methoxy groups -OCH3 is 1. The minimum Gasteiger partial charge on any atom is -0.495 e. The number of rotatable bonds is 12. The van der Waals surface area contributed by atoms with E-state index in [1.165, 1.54) is 16.3 Å². The summed E-state index contributed by atoms with van der Waals surface area (Å²) in [6, 6.07) is 13.1. The molecule has 0 bridgehead atoms. The Morgan fingerprint density at radius 1 is 1.09 bits per heavy atom. The minimum atomic E-state index is -3.62. The van der Waals surface area contributed by atoms with E-state index in [9.17, 15) is 18.0 Å². The highest BCUT2D eigenvalue weighted by Crippen LogP contribution is 2.29. The van der Waals surface area contributed by atoms with E-state index in [0.717, 1.165) is 11.8 Å². The van der Waals surface area contributed by atoms with Crippen molar-refractivity contribution >= 4 is 39.1 Å². The number of para-hydroxylation sites is 2. The number of carbonyl (C=O) groups excluding carboxylic acids is 2. The summed E-state index contributed by atoms with van der Waals surface area (Å²) in [6.45, 7) is 5.67. The quantitative estimate of drug-likeness (QED) is 0.456. The molecule has 2 aromatic rings. The number of carbonyl (C=O) groups is 2. The maximum atomic E-state index is 13.3. The number of anilines is 1. The topological polar surface area (TPSA) is 96.0 Å². The molecule has 0 aliphatic carbocycles. The zero-order valence-corrected chi connectivity index (χ0v) is 22.4. The molecule has 192 valence electrons. The summed E-state index contributed by atoms with van der Waals surface area (Å²) in [5.41, 5.74) is 1.20. The molecule has 0 aliphatic rings. The van der Waals surface area contributed by atoms with Crippen LogP contribution in [0.15, 0.2) is 48.5 Å². The maximum Gasteiger partial charge on any atom is 0.242 e. The smallest absolute Gasteiger partial charge is 0.242 e. The first-order chi connectivity index (χ1) is 16.4. The fraction of sp³-hybridized carbons (Fsp3) is 0.440. The zero-order valence-electron chi connectivity index (χ0n) is 20.8. The molecule has 0 radical (unpaired) electrons. The lowest BCUT2D eigenvalue weighted by Gasteiger charge is -2.30. The number of nitrogens with zero attached hydrogens (tertiary/aromatic N) is 2. The average molecular weight is 524 g/mol. The third kappa shape index (κ3) is 8.43. The third-order valence-electron chi connectivity index (χ3n) is 5.35. The van der Waals surface area contributed by atoms with Crippen molar-refractivity contribution in [3.8, 4) is 5.75 Å². The van der Waals surface area contributed by atoms with Gasteiger partial charge < -0.3 is 15.0 Å². The van der Waals surface area contributed by atoms with Crippen LogP contribution in [-0.2, 0) is 26.2 Å². The molecule has 2 rings (SSSR count). The van der Waals surface area contributed by atoms with Crippen molar-refractivity contribution in [3.05, 3.63) is 59.1 Å². The fourth-order valence-corrected chi connectivity index (χ4v) is 4.82. The first-order valence-electron chi connectivity index (χ1n) is 11.4. The number of benzene rings is 2. The van der Waals surface area contributed by atoms with E-state index < -0.39 is 16.1 Å². The van der Waals surface area contributed by atoms with Crippen molar-refractivity contribution in [2.24, 2.45) is 0 Å². The van der Waals surface area contributed by atoms with Gasteiger partial charge in [-0.1, -0.05) is 35.9 Å². The van der Waals surface area contributed by atoms with Crippen LogP contribution in [-0.4, -0.2) is 57.1 Å². The molecule has 8 nitrogen and oxygen atoms in total. The molecule has 0 aliphatic heterocycles. The van der Waals surface area contributed by atoms with Crippen molar-refractivity contribution in [2.75, 3.05) is 24.2 Å². The van der Waals surface area contributed by atoms with Crippen molar-refractivity contribution in [1.29, 1.82) is 0 Å². The molecule has 2 amide bonds. The second-order valence-electron chi connectivity index (χ2n) is 8.60. The summed E-state index contributed by atoms with van der Waals surface area (Å²) in [6.07, 6.45) is 1.43. The predicted molar refractivity (Wildman–Crippen MR) is 139 cm³/mol. The van der Waals surface area contributed by atoms with Crippen LogP contribution in [0.1, 0.15) is 39.2 Å². The van der Waals surface area contributed by atoms with Gasteiger partial charge >= 0.3 is 0 Å². The SMILES string of the molecule is COc1ccccc1N(CCCC(=O)N(Cc1cccc(Cl)c1)C(C)C(=O)NC(C)C)S(C)(=O)=O. The number of hydrogen-bond donors (Lipinski definition) is 1. The number of sulfonamides is 1. The van der Waals surface area contributed by atoms with E-state index >= 15 is 0 Å². The molecule has 0 fully saturated rings. The normalized spacial score (nSPS) is 12.2. The summed E-state index contributed by atoms with van der Waals surface area (Å²) in [5.74, 6) is -0.0992. The summed E-state index contributed by atoms with van der Waals surface area (Å²) < 4.78 is 31.5. The Balaban J connectivity index is 2.20. The Morgan fingerprint density at radius 2 is 1.77 bits per heavy atom. The van der Waals surface area contributed by atoms with E-state index in [1.54, 1.807) is 49.4 Å². The highest BCUT2D eigenvalue weighted by Gasteiger charge is 2.27. The van der Waals surface area contributed by atoms with E-state index in [4.69, 9.17) is 16.3 Å². The lowest BCUT2D eigenvalue weighted by molar-refractivity contribution is -0.140. The van der Waals surface area contributed by atoms with Crippen molar-refractivity contribution in [2.45, 2.75) is 52.2 Å². The van der Waals surface area contributed by atoms with E-state index in [0.29, 0.717) is 16.5 Å². The number of ether oxygens (including phenoxy) is 1. The van der Waals surface area contributed by atoms with Crippen LogP contribution in [0.25, 0.3) is 0 Å². The van der Waals surface area contributed by atoms with Crippen LogP contribution in [0.5, 0.6) is 5.75 Å². The summed E-state index contributed by atoms with van der Waals surface area (Å²) in [5, 5.41) is 3.38. The van der Waals surface area contributed by atoms with Crippen LogP contribution in [0.3, 0.4) is 0 Å². The van der Waals surface area contributed by atoms with Crippen LogP contribution in [0.4, 0.5) is 5.69 Å². The summed E-state index contributed by atoms with van der Waals surface area (Å²) in [4.78, 5) is 27.5. The van der Waals surface area contributed by atoms with E-state index in [-0.39, 0.29) is 43.8 Å². The van der Waals surface area contributed by atoms with Gasteiger partial charge in [0.25, 0.3) is 0 Å². The molecule has 2 aromatic carbocycles. The first-order valence-corrected chi connectivity index (χ1v) is 13.6. The molecular formula is C25H34ClN3O5S. The largest absolute Gasteiger partial charge is 0.495 e. The standard InChI is InChI=1S/C25H34ClN3O5S/c1-18(2)27-25(31)19(3)28(17-20-10-8-11-21(26)16-20)24(30)14-9-15-29(35(5,32)33)22-12-6-7-13-23(22)34-4/h6-8,10-13,16,18-19H,9,14-15,17H2,1-5H3,(H,27,31). The Labute approximate surface area is 213 Å². The van der Waals surface area contributed by atoms with Gasteiger partial charge in [0, 0.05) is 30.6 Å². The van der Waals surface area contributed by atoms with Gasteiger partial charge in [-0.05, 0) is 57.0 Å². The van der Waals surface area contributed by atoms with E-state index in [1.807, 2.05) is 19.9 Å². The lowest BCUT2D eigenvalue weighted by atomic mass is 10.1. The van der Waals surface area contributed by atoms with Crippen LogP contribution in [0.2, 0.25) is 5.02 Å². The molecular weight excluding hydrogens is 490 g/mol. The van der Waals surface area contributed by atoms with Gasteiger partial charge in [-0.25, -0.2) is 8.42 Å². The van der Waals surface area contributed by atoms with E-state index in [2.05, 4.69) is 5.32 Å². The Kier molecular flexibility index (Phi) is 10.4. The first kappa shape index (κ1) is 28.5. The molecule has 1 atom stereocenters. The molecule has 0 spiro atoms. The number of halogens is 1. The summed E-state index contributed by atoms with van der Waals surface area (Å²) >= 11 is 6.11. The van der Waals surface area contributed by atoms with Crippen LogP contribution < -0.4 is 14.4 Å². The molecule has 0 aromatic heterocycles. The number of nitrogens with one attached hydrogen (secondary N) is 1. The molecule has 35 heavy (non-hydrogen) atoms. The Bertz CT molecular complexity index is 1120. The lowest BCUT2D eigenvalue weighted by Crippen LogP contribution is -2.49. The highest BCUT2D eigenvalue weighted by molar-refractivity contribution is 7.92. The van der Waals surface area contributed by atoms with Crippen LogP contribution >= 0.6 is 11.6 Å². The number of hydrogen-bond acceptors (Lipinski definition) is 5. The average Bonchev–Trinajstić information content (AvgIpc) is 2.78. The van der Waals surface area contributed by atoms with Crippen molar-refractivity contribution in [1.82, 2.24) is 10.2 Å². The van der Waals surface area contributed by atoms with Crippen molar-refractivity contribution in [3.63, 3.8) is 0 Å². The van der Waals surface area contributed by atoms with Gasteiger partial charge in [-0.15, -0.1) is 0 Å². The molecule has 10 heteroatoms. The second-order valence-corrected chi connectivity index (χ2v) is 10.9. The molecule has 0 saturated heterocycles. The van der Waals surface area contributed by atoms with Gasteiger partial charge in [-0.3, -0.25) is 13.9 Å².